The van der Waals surface area contributed by atoms with Gasteiger partial charge in [0.25, 0.3) is 0 Å². The molecular formula is C16H18O3. The SMILES string of the molecule is COc1cc(C=Cc2ccoc2)cc(O)c1C(C)C. The maximum absolute atomic E-state index is 10.1. The second-order valence-electron chi connectivity index (χ2n) is 4.70. The molecule has 0 amide bonds. The van der Waals surface area contributed by atoms with Gasteiger partial charge in [0, 0.05) is 11.1 Å². The lowest BCUT2D eigenvalue weighted by atomic mass is 9.98. The van der Waals surface area contributed by atoms with Crippen LogP contribution in [-0.2, 0) is 0 Å². The largest absolute Gasteiger partial charge is 0.507 e. The molecule has 1 aromatic carbocycles. The standard InChI is InChI=1S/C16H18O3/c1-11(2)16-14(17)8-13(9-15(16)18-3)5-4-12-6-7-19-10-12/h4-11,17H,1-3H3. The van der Waals surface area contributed by atoms with E-state index < -0.39 is 0 Å². The Morgan fingerprint density at radius 1 is 1.21 bits per heavy atom. The van der Waals surface area contributed by atoms with E-state index in [0.29, 0.717) is 5.75 Å². The van der Waals surface area contributed by atoms with Gasteiger partial charge in [-0.05, 0) is 29.7 Å². The summed E-state index contributed by atoms with van der Waals surface area (Å²) in [6.07, 6.45) is 7.12. The number of methoxy groups -OCH3 is 1. The quantitative estimate of drug-likeness (QED) is 0.889. The zero-order valence-electron chi connectivity index (χ0n) is 11.4. The van der Waals surface area contributed by atoms with Gasteiger partial charge in [0.2, 0.25) is 0 Å². The van der Waals surface area contributed by atoms with Crippen molar-refractivity contribution in [3.05, 3.63) is 47.4 Å². The predicted octanol–water partition coefficient (Wildman–Crippen LogP) is 4.29. The van der Waals surface area contributed by atoms with E-state index in [9.17, 15) is 5.11 Å². The van der Waals surface area contributed by atoms with Gasteiger partial charge < -0.3 is 14.3 Å². The smallest absolute Gasteiger partial charge is 0.126 e. The summed E-state index contributed by atoms with van der Waals surface area (Å²) in [5.74, 6) is 1.19. The third kappa shape index (κ3) is 2.99. The maximum Gasteiger partial charge on any atom is 0.126 e. The average Bonchev–Trinajstić information content (AvgIpc) is 2.88. The van der Waals surface area contributed by atoms with Gasteiger partial charge in [-0.1, -0.05) is 26.0 Å². The predicted molar refractivity (Wildman–Crippen MR) is 76.4 cm³/mol. The molecule has 0 spiro atoms. The number of phenolic OH excluding ortho intramolecular Hbond substituents is 1. The molecule has 0 unspecified atom stereocenters. The summed E-state index contributed by atoms with van der Waals surface area (Å²) in [5.41, 5.74) is 2.70. The van der Waals surface area contributed by atoms with E-state index in [0.717, 1.165) is 16.7 Å². The van der Waals surface area contributed by atoms with Gasteiger partial charge in [0.05, 0.1) is 19.6 Å². The molecule has 0 aliphatic rings. The normalized spacial score (nSPS) is 11.4. The zero-order chi connectivity index (χ0) is 13.8. The van der Waals surface area contributed by atoms with Crippen molar-refractivity contribution in [1.82, 2.24) is 0 Å². The van der Waals surface area contributed by atoms with Crippen LogP contribution in [0.1, 0.15) is 36.5 Å². The molecule has 0 radical (unpaired) electrons. The molecule has 0 aliphatic heterocycles. The maximum atomic E-state index is 10.1. The zero-order valence-corrected chi connectivity index (χ0v) is 11.4. The van der Waals surface area contributed by atoms with Crippen molar-refractivity contribution in [2.75, 3.05) is 7.11 Å². The number of phenols is 1. The highest BCUT2D eigenvalue weighted by Gasteiger charge is 2.13. The molecule has 3 nitrogen and oxygen atoms in total. The molecule has 0 bridgehead atoms. The van der Waals surface area contributed by atoms with Crippen LogP contribution in [0.5, 0.6) is 11.5 Å². The van der Waals surface area contributed by atoms with Crippen molar-refractivity contribution >= 4 is 12.2 Å². The van der Waals surface area contributed by atoms with Crippen molar-refractivity contribution in [3.63, 3.8) is 0 Å². The minimum atomic E-state index is 0.210. The highest BCUT2D eigenvalue weighted by Crippen LogP contribution is 2.36. The summed E-state index contributed by atoms with van der Waals surface area (Å²) in [4.78, 5) is 0. The Morgan fingerprint density at radius 3 is 2.53 bits per heavy atom. The summed E-state index contributed by atoms with van der Waals surface area (Å²) in [6, 6.07) is 5.54. The van der Waals surface area contributed by atoms with Crippen LogP contribution < -0.4 is 4.74 Å². The first-order valence-electron chi connectivity index (χ1n) is 6.23. The van der Waals surface area contributed by atoms with Crippen molar-refractivity contribution in [2.45, 2.75) is 19.8 Å². The van der Waals surface area contributed by atoms with E-state index in [1.165, 1.54) is 0 Å². The van der Waals surface area contributed by atoms with Gasteiger partial charge >= 0.3 is 0 Å². The third-order valence-electron chi connectivity index (χ3n) is 2.95. The van der Waals surface area contributed by atoms with Gasteiger partial charge in [-0.3, -0.25) is 0 Å². The molecule has 1 heterocycles. The lowest BCUT2D eigenvalue weighted by Gasteiger charge is -2.14. The molecule has 2 aromatic rings. The van der Waals surface area contributed by atoms with Crippen LogP contribution in [0.15, 0.2) is 35.1 Å². The second kappa shape index (κ2) is 5.65. The molecule has 2 rings (SSSR count). The van der Waals surface area contributed by atoms with Crippen LogP contribution in [0, 0.1) is 0 Å². The van der Waals surface area contributed by atoms with Crippen molar-refractivity contribution in [1.29, 1.82) is 0 Å². The molecular weight excluding hydrogens is 240 g/mol. The lowest BCUT2D eigenvalue weighted by Crippen LogP contribution is -1.95. The Balaban J connectivity index is 2.35. The Kier molecular flexibility index (Phi) is 3.95. The van der Waals surface area contributed by atoms with Crippen molar-refractivity contribution in [3.8, 4) is 11.5 Å². The number of benzene rings is 1. The van der Waals surface area contributed by atoms with Crippen molar-refractivity contribution in [2.24, 2.45) is 0 Å². The van der Waals surface area contributed by atoms with Crippen LogP contribution in [-0.4, -0.2) is 12.2 Å². The molecule has 1 N–H and O–H groups in total. The van der Waals surface area contributed by atoms with Gasteiger partial charge in [-0.2, -0.15) is 0 Å². The van der Waals surface area contributed by atoms with Gasteiger partial charge in [0.15, 0.2) is 0 Å². The van der Waals surface area contributed by atoms with Crippen LogP contribution in [0.4, 0.5) is 0 Å². The van der Waals surface area contributed by atoms with E-state index in [1.807, 2.05) is 38.1 Å². The average molecular weight is 258 g/mol. The molecule has 19 heavy (non-hydrogen) atoms. The highest BCUT2D eigenvalue weighted by molar-refractivity contribution is 5.71. The van der Waals surface area contributed by atoms with Gasteiger partial charge in [-0.15, -0.1) is 0 Å². The second-order valence-corrected chi connectivity index (χ2v) is 4.70. The molecule has 0 saturated heterocycles. The molecule has 3 heteroatoms. The molecule has 1 aromatic heterocycles. The Hall–Kier alpha value is -2.16. The summed E-state index contributed by atoms with van der Waals surface area (Å²) < 4.78 is 10.3. The fourth-order valence-electron chi connectivity index (χ4n) is 2.04. The Bertz CT molecular complexity index is 566. The number of hydrogen-bond acceptors (Lipinski definition) is 3. The van der Waals surface area contributed by atoms with Crippen LogP contribution >= 0.6 is 0 Å². The van der Waals surface area contributed by atoms with Crippen LogP contribution in [0.25, 0.3) is 12.2 Å². The first-order chi connectivity index (χ1) is 9.11. The third-order valence-corrected chi connectivity index (χ3v) is 2.95. The number of aromatic hydroxyl groups is 1. The van der Waals surface area contributed by atoms with E-state index in [-0.39, 0.29) is 11.7 Å². The summed E-state index contributed by atoms with van der Waals surface area (Å²) >= 11 is 0. The number of rotatable bonds is 4. The van der Waals surface area contributed by atoms with E-state index in [2.05, 4.69) is 0 Å². The molecule has 0 atom stereocenters. The summed E-state index contributed by atoms with van der Waals surface area (Å²) in [5, 5.41) is 10.1. The summed E-state index contributed by atoms with van der Waals surface area (Å²) in [7, 11) is 1.62. The van der Waals surface area contributed by atoms with Gasteiger partial charge in [-0.25, -0.2) is 0 Å². The number of furan rings is 1. The van der Waals surface area contributed by atoms with E-state index >= 15 is 0 Å². The van der Waals surface area contributed by atoms with E-state index in [1.54, 1.807) is 25.7 Å². The van der Waals surface area contributed by atoms with E-state index in [4.69, 9.17) is 9.15 Å². The summed E-state index contributed by atoms with van der Waals surface area (Å²) in [6.45, 7) is 4.05. The number of ether oxygens (including phenoxy) is 1. The van der Waals surface area contributed by atoms with Crippen LogP contribution in [0.3, 0.4) is 0 Å². The fraction of sp³-hybridized carbons (Fsp3) is 0.250. The Morgan fingerprint density at radius 2 is 1.95 bits per heavy atom. The first kappa shape index (κ1) is 13.3. The molecule has 100 valence electrons. The molecule has 0 fully saturated rings. The lowest BCUT2D eigenvalue weighted by molar-refractivity contribution is 0.396. The number of hydrogen-bond donors (Lipinski definition) is 1. The van der Waals surface area contributed by atoms with Crippen LogP contribution in [0.2, 0.25) is 0 Å². The topological polar surface area (TPSA) is 42.6 Å². The fourth-order valence-corrected chi connectivity index (χ4v) is 2.04. The minimum Gasteiger partial charge on any atom is -0.507 e. The molecule has 0 aliphatic carbocycles. The highest BCUT2D eigenvalue weighted by atomic mass is 16.5. The van der Waals surface area contributed by atoms with Gasteiger partial charge in [0.1, 0.15) is 11.5 Å². The monoisotopic (exact) mass is 258 g/mol. The molecule has 0 saturated carbocycles. The van der Waals surface area contributed by atoms with Crippen molar-refractivity contribution < 1.29 is 14.3 Å². The first-order valence-corrected chi connectivity index (χ1v) is 6.23. The Labute approximate surface area is 113 Å². The minimum absolute atomic E-state index is 0.210.